The van der Waals surface area contributed by atoms with Crippen molar-refractivity contribution in [2.24, 2.45) is 7.05 Å². The van der Waals surface area contributed by atoms with Gasteiger partial charge in [0.2, 0.25) is 5.52 Å². The van der Waals surface area contributed by atoms with Gasteiger partial charge < -0.3 is 0 Å². The minimum Gasteiger partial charge on any atom is -0.201 e. The van der Waals surface area contributed by atoms with Crippen LogP contribution in [-0.4, -0.2) is 5.51 Å². The van der Waals surface area contributed by atoms with Gasteiger partial charge in [-0.1, -0.05) is 0 Å². The molecular formula is C12H11F3NS+. The van der Waals surface area contributed by atoms with E-state index in [1.54, 1.807) is 12.1 Å². The number of hydrogen-bond acceptors (Lipinski definition) is 1. The van der Waals surface area contributed by atoms with Crippen LogP contribution >= 0.6 is 11.8 Å². The van der Waals surface area contributed by atoms with Gasteiger partial charge in [0, 0.05) is 17.0 Å². The molecule has 1 heterocycles. The average Bonchev–Trinajstić information content (AvgIpc) is 2.21. The van der Waals surface area contributed by atoms with Crippen LogP contribution in [0.4, 0.5) is 13.2 Å². The lowest BCUT2D eigenvalue weighted by Gasteiger charge is -2.06. The van der Waals surface area contributed by atoms with E-state index in [4.69, 9.17) is 0 Å². The van der Waals surface area contributed by atoms with Gasteiger partial charge in [-0.15, -0.1) is 0 Å². The highest BCUT2D eigenvalue weighted by atomic mass is 32.2. The molecule has 0 bridgehead atoms. The molecule has 5 heteroatoms. The number of hydrogen-bond donors (Lipinski definition) is 0. The van der Waals surface area contributed by atoms with Gasteiger partial charge in [-0.2, -0.15) is 13.2 Å². The van der Waals surface area contributed by atoms with E-state index in [0.717, 1.165) is 16.5 Å². The molecule has 1 aromatic heterocycles. The van der Waals surface area contributed by atoms with E-state index >= 15 is 0 Å². The number of benzene rings is 1. The number of halogens is 3. The van der Waals surface area contributed by atoms with Gasteiger partial charge in [-0.3, -0.25) is 0 Å². The quantitative estimate of drug-likeness (QED) is 0.558. The Bertz CT molecular complexity index is 563. The van der Waals surface area contributed by atoms with Gasteiger partial charge in [0.05, 0.1) is 5.39 Å². The third-order valence-corrected chi connectivity index (χ3v) is 3.28. The van der Waals surface area contributed by atoms with Gasteiger partial charge in [0.15, 0.2) is 6.20 Å². The SMILES string of the molecule is Cc1cc[n+](C)c2ccc(SC(F)(F)F)cc12. The fourth-order valence-corrected chi connectivity index (χ4v) is 2.31. The number of nitrogens with zero attached hydrogens (tertiary/aromatic N) is 1. The number of aryl methyl sites for hydroxylation is 2. The minimum atomic E-state index is -4.24. The smallest absolute Gasteiger partial charge is 0.201 e. The van der Waals surface area contributed by atoms with Crippen molar-refractivity contribution in [3.8, 4) is 0 Å². The number of fused-ring (bicyclic) bond motifs is 1. The van der Waals surface area contributed by atoms with Crippen LogP contribution in [0.3, 0.4) is 0 Å². The molecule has 2 aromatic rings. The van der Waals surface area contributed by atoms with E-state index in [1.807, 2.05) is 30.8 Å². The van der Waals surface area contributed by atoms with Gasteiger partial charge >= 0.3 is 5.51 Å². The predicted octanol–water partition coefficient (Wildman–Crippen LogP) is 3.58. The van der Waals surface area contributed by atoms with Crippen molar-refractivity contribution < 1.29 is 17.7 Å². The van der Waals surface area contributed by atoms with E-state index in [2.05, 4.69) is 0 Å². The molecule has 0 radical (unpaired) electrons. The van der Waals surface area contributed by atoms with Crippen molar-refractivity contribution in [2.75, 3.05) is 0 Å². The van der Waals surface area contributed by atoms with Crippen molar-refractivity contribution in [1.29, 1.82) is 0 Å². The molecule has 0 fully saturated rings. The first-order valence-electron chi connectivity index (χ1n) is 5.01. The number of rotatable bonds is 1. The van der Waals surface area contributed by atoms with Crippen LogP contribution < -0.4 is 4.57 Å². The zero-order valence-corrected chi connectivity index (χ0v) is 10.2. The second kappa shape index (κ2) is 4.22. The van der Waals surface area contributed by atoms with Gasteiger partial charge in [-0.25, -0.2) is 4.57 Å². The molecule has 90 valence electrons. The lowest BCUT2D eigenvalue weighted by molar-refractivity contribution is -0.644. The molecule has 0 aliphatic heterocycles. The minimum absolute atomic E-state index is 0.0791. The molecule has 0 spiro atoms. The number of alkyl halides is 3. The van der Waals surface area contributed by atoms with Crippen molar-refractivity contribution in [3.63, 3.8) is 0 Å². The van der Waals surface area contributed by atoms with Crippen LogP contribution in [0.15, 0.2) is 35.4 Å². The van der Waals surface area contributed by atoms with Crippen molar-refractivity contribution in [2.45, 2.75) is 17.3 Å². The Hall–Kier alpha value is -1.23. The van der Waals surface area contributed by atoms with E-state index in [1.165, 1.54) is 6.07 Å². The summed E-state index contributed by atoms with van der Waals surface area (Å²) in [6.45, 7) is 1.89. The second-order valence-corrected chi connectivity index (χ2v) is 4.97. The molecule has 0 saturated heterocycles. The van der Waals surface area contributed by atoms with E-state index in [9.17, 15) is 13.2 Å². The summed E-state index contributed by atoms with van der Waals surface area (Å²) in [7, 11) is 1.87. The van der Waals surface area contributed by atoms with Crippen LogP contribution in [-0.2, 0) is 7.05 Å². The second-order valence-electron chi connectivity index (χ2n) is 3.84. The lowest BCUT2D eigenvalue weighted by atomic mass is 10.1. The van der Waals surface area contributed by atoms with Crippen LogP contribution in [0.1, 0.15) is 5.56 Å². The van der Waals surface area contributed by atoms with E-state index in [0.29, 0.717) is 0 Å². The summed E-state index contributed by atoms with van der Waals surface area (Å²) in [5.41, 5.74) is -2.34. The summed E-state index contributed by atoms with van der Waals surface area (Å²) in [6, 6.07) is 6.70. The standard InChI is InChI=1S/C12H11F3NS/c1-8-5-6-16(2)11-4-3-9(7-10(8)11)17-12(13,14)15/h3-7H,1-2H3/q+1. The molecule has 0 unspecified atom stereocenters. The molecule has 0 atom stereocenters. The molecule has 0 saturated carbocycles. The van der Waals surface area contributed by atoms with Crippen LogP contribution in [0.25, 0.3) is 10.9 Å². The van der Waals surface area contributed by atoms with Crippen LogP contribution in [0.5, 0.6) is 0 Å². The highest BCUT2D eigenvalue weighted by molar-refractivity contribution is 8.00. The molecule has 0 amide bonds. The first-order chi connectivity index (χ1) is 7.87. The molecule has 0 N–H and O–H groups in total. The summed E-state index contributed by atoms with van der Waals surface area (Å²) in [4.78, 5) is 0.222. The maximum Gasteiger partial charge on any atom is 0.446 e. The average molecular weight is 258 g/mol. The molecule has 1 aromatic carbocycles. The topological polar surface area (TPSA) is 3.88 Å². The molecular weight excluding hydrogens is 247 g/mol. The van der Waals surface area contributed by atoms with Crippen molar-refractivity contribution in [1.82, 2.24) is 0 Å². The molecule has 1 nitrogen and oxygen atoms in total. The zero-order valence-electron chi connectivity index (χ0n) is 9.38. The van der Waals surface area contributed by atoms with Gasteiger partial charge in [0.25, 0.3) is 0 Å². The first kappa shape index (κ1) is 12.2. The highest BCUT2D eigenvalue weighted by Crippen LogP contribution is 2.37. The van der Waals surface area contributed by atoms with Gasteiger partial charge in [0.1, 0.15) is 7.05 Å². The molecule has 0 aliphatic carbocycles. The number of pyridine rings is 1. The zero-order chi connectivity index (χ0) is 12.6. The summed E-state index contributed by atoms with van der Waals surface area (Å²) < 4.78 is 38.7. The highest BCUT2D eigenvalue weighted by Gasteiger charge is 2.29. The van der Waals surface area contributed by atoms with E-state index in [-0.39, 0.29) is 16.7 Å². The number of aromatic nitrogens is 1. The van der Waals surface area contributed by atoms with Gasteiger partial charge in [-0.05, 0) is 36.4 Å². The largest absolute Gasteiger partial charge is 0.446 e. The Morgan fingerprint density at radius 3 is 2.53 bits per heavy atom. The van der Waals surface area contributed by atoms with Crippen molar-refractivity contribution in [3.05, 3.63) is 36.0 Å². The predicted molar refractivity (Wildman–Crippen MR) is 61.8 cm³/mol. The van der Waals surface area contributed by atoms with Crippen molar-refractivity contribution >= 4 is 22.7 Å². The molecule has 17 heavy (non-hydrogen) atoms. The fourth-order valence-electron chi connectivity index (χ4n) is 1.73. The maximum atomic E-state index is 12.3. The Morgan fingerprint density at radius 2 is 1.88 bits per heavy atom. The summed E-state index contributed by atoms with van der Waals surface area (Å²) in [5, 5.41) is 0.851. The fraction of sp³-hybridized carbons (Fsp3) is 0.250. The Balaban J connectivity index is 2.54. The van der Waals surface area contributed by atoms with Crippen LogP contribution in [0, 0.1) is 6.92 Å². The summed E-state index contributed by atoms with van der Waals surface area (Å²) in [6.07, 6.45) is 1.90. The van der Waals surface area contributed by atoms with Crippen LogP contribution in [0.2, 0.25) is 0 Å². The number of thioether (sulfide) groups is 1. The third-order valence-electron chi connectivity index (χ3n) is 2.55. The summed E-state index contributed by atoms with van der Waals surface area (Å²) in [5.74, 6) is 0. The monoisotopic (exact) mass is 258 g/mol. The normalized spacial score (nSPS) is 12.1. The maximum absolute atomic E-state index is 12.3. The lowest BCUT2D eigenvalue weighted by Crippen LogP contribution is -2.28. The molecule has 0 aliphatic rings. The van der Waals surface area contributed by atoms with E-state index < -0.39 is 5.51 Å². The Labute approximate surface area is 101 Å². The Morgan fingerprint density at radius 1 is 1.18 bits per heavy atom. The summed E-state index contributed by atoms with van der Waals surface area (Å²) >= 11 is -0.0791. The Kier molecular flexibility index (Phi) is 3.03. The molecule has 2 rings (SSSR count). The third kappa shape index (κ3) is 2.72. The first-order valence-corrected chi connectivity index (χ1v) is 5.83.